The highest BCUT2D eigenvalue weighted by molar-refractivity contribution is 7.80. The van der Waals surface area contributed by atoms with E-state index in [1.54, 1.807) is 4.90 Å². The van der Waals surface area contributed by atoms with Crippen LogP contribution in [0.4, 0.5) is 0 Å². The predicted octanol–water partition coefficient (Wildman–Crippen LogP) is 1.49. The van der Waals surface area contributed by atoms with Gasteiger partial charge >= 0.3 is 5.97 Å². The number of benzene rings is 1. The number of carbonyl (C=O) groups excluding carboxylic acids is 3. The number of thiocarbonyl (C=S) groups is 1. The Hall–Kier alpha value is -2.88. The Morgan fingerprint density at radius 3 is 2.91 bits per heavy atom. The zero-order valence-corrected chi connectivity index (χ0v) is 18.7. The van der Waals surface area contributed by atoms with Gasteiger partial charge in [-0.25, -0.2) is 0 Å². The molecule has 0 radical (unpaired) electrons. The second kappa shape index (κ2) is 9.72. The first-order valence-corrected chi connectivity index (χ1v) is 11.2. The van der Waals surface area contributed by atoms with Gasteiger partial charge in [0, 0.05) is 25.6 Å². The molecule has 1 aliphatic carbocycles. The van der Waals surface area contributed by atoms with Crippen LogP contribution in [-0.4, -0.2) is 54.3 Å². The molecule has 2 heterocycles. The SMILES string of the molecule is COC(=O)C1CCC2C(=O)N(CCCC(=O)NCc3ccc4c(c3)OCO4)C(=S)NC2C1. The minimum absolute atomic E-state index is 0.0252. The van der Waals surface area contributed by atoms with E-state index in [4.69, 9.17) is 26.4 Å². The average molecular weight is 462 g/mol. The van der Waals surface area contributed by atoms with Crippen molar-refractivity contribution in [1.29, 1.82) is 0 Å². The van der Waals surface area contributed by atoms with Crippen LogP contribution in [0.3, 0.4) is 0 Å². The van der Waals surface area contributed by atoms with Crippen molar-refractivity contribution in [3.05, 3.63) is 23.8 Å². The third-order valence-electron chi connectivity index (χ3n) is 6.23. The summed E-state index contributed by atoms with van der Waals surface area (Å²) in [4.78, 5) is 38.6. The molecule has 0 spiro atoms. The molecule has 9 nitrogen and oxygen atoms in total. The minimum atomic E-state index is -0.238. The first-order chi connectivity index (χ1) is 15.5. The van der Waals surface area contributed by atoms with Gasteiger partial charge in [-0.2, -0.15) is 0 Å². The lowest BCUT2D eigenvalue weighted by Gasteiger charge is -2.43. The normalized spacial score (nSPS) is 23.9. The molecule has 2 N–H and O–H groups in total. The second-order valence-corrected chi connectivity index (χ2v) is 8.64. The molecule has 2 amide bonds. The van der Waals surface area contributed by atoms with E-state index < -0.39 is 0 Å². The number of rotatable bonds is 7. The Morgan fingerprint density at radius 2 is 2.09 bits per heavy atom. The zero-order chi connectivity index (χ0) is 22.7. The summed E-state index contributed by atoms with van der Waals surface area (Å²) in [5, 5.41) is 6.47. The minimum Gasteiger partial charge on any atom is -0.469 e. The molecular formula is C22H27N3O6S. The highest BCUT2D eigenvalue weighted by Gasteiger charge is 2.44. The Balaban J connectivity index is 1.22. The van der Waals surface area contributed by atoms with Crippen LogP contribution in [0.25, 0.3) is 0 Å². The van der Waals surface area contributed by atoms with Gasteiger partial charge in [0.05, 0.1) is 18.9 Å². The first-order valence-electron chi connectivity index (χ1n) is 10.8. The monoisotopic (exact) mass is 461 g/mol. The molecule has 1 aromatic carbocycles. The van der Waals surface area contributed by atoms with Crippen LogP contribution in [0.5, 0.6) is 11.5 Å². The Morgan fingerprint density at radius 1 is 1.28 bits per heavy atom. The Bertz CT molecular complexity index is 923. The van der Waals surface area contributed by atoms with Gasteiger partial charge in [0.1, 0.15) is 0 Å². The zero-order valence-electron chi connectivity index (χ0n) is 17.9. The molecule has 0 bridgehead atoms. The van der Waals surface area contributed by atoms with Crippen molar-refractivity contribution in [2.75, 3.05) is 20.4 Å². The summed E-state index contributed by atoms with van der Waals surface area (Å²) < 4.78 is 15.5. The molecule has 10 heteroatoms. The molecule has 1 saturated heterocycles. The quantitative estimate of drug-likeness (QED) is 0.465. The van der Waals surface area contributed by atoms with E-state index in [0.717, 1.165) is 5.56 Å². The van der Waals surface area contributed by atoms with Crippen molar-refractivity contribution in [3.8, 4) is 11.5 Å². The van der Waals surface area contributed by atoms with Crippen molar-refractivity contribution in [2.24, 2.45) is 11.8 Å². The smallest absolute Gasteiger partial charge is 0.308 e. The maximum atomic E-state index is 13.0. The lowest BCUT2D eigenvalue weighted by Crippen LogP contribution is -2.61. The number of amides is 2. The molecule has 3 unspecified atom stereocenters. The molecule has 3 aliphatic rings. The van der Waals surface area contributed by atoms with Gasteiger partial charge in [0.15, 0.2) is 16.6 Å². The van der Waals surface area contributed by atoms with Crippen LogP contribution >= 0.6 is 12.2 Å². The van der Waals surface area contributed by atoms with E-state index in [0.29, 0.717) is 55.4 Å². The summed E-state index contributed by atoms with van der Waals surface area (Å²) in [6.45, 7) is 0.986. The number of ether oxygens (including phenoxy) is 3. The predicted molar refractivity (Wildman–Crippen MR) is 118 cm³/mol. The van der Waals surface area contributed by atoms with Gasteiger partial charge in [-0.3, -0.25) is 19.3 Å². The van der Waals surface area contributed by atoms with E-state index in [9.17, 15) is 14.4 Å². The van der Waals surface area contributed by atoms with Gasteiger partial charge in [-0.15, -0.1) is 0 Å². The standard InChI is InChI=1S/C22H27N3O6S/c1-29-21(28)14-5-6-15-16(10-14)24-22(32)25(20(15)27)8-2-3-19(26)23-11-13-4-7-17-18(9-13)31-12-30-17/h4,7,9,14-16H,2-3,5-6,8,10-12H2,1H3,(H,23,26)(H,24,32). The van der Waals surface area contributed by atoms with Crippen molar-refractivity contribution in [2.45, 2.75) is 44.7 Å². The average Bonchev–Trinajstić information content (AvgIpc) is 3.26. The largest absolute Gasteiger partial charge is 0.469 e. The fourth-order valence-electron chi connectivity index (χ4n) is 4.49. The van der Waals surface area contributed by atoms with Crippen LogP contribution in [0.1, 0.15) is 37.7 Å². The molecule has 2 fully saturated rings. The maximum absolute atomic E-state index is 13.0. The van der Waals surface area contributed by atoms with E-state index in [2.05, 4.69) is 10.6 Å². The topological polar surface area (TPSA) is 106 Å². The van der Waals surface area contributed by atoms with Gasteiger partial charge in [-0.05, 0) is 55.6 Å². The van der Waals surface area contributed by atoms with Crippen LogP contribution in [-0.2, 0) is 25.7 Å². The number of fused-ring (bicyclic) bond motifs is 2. The molecular weight excluding hydrogens is 434 g/mol. The molecule has 1 aromatic rings. The van der Waals surface area contributed by atoms with E-state index in [1.165, 1.54) is 7.11 Å². The number of methoxy groups -OCH3 is 1. The number of nitrogens with one attached hydrogen (secondary N) is 2. The molecule has 1 saturated carbocycles. The highest BCUT2D eigenvalue weighted by Crippen LogP contribution is 2.34. The third-order valence-corrected chi connectivity index (χ3v) is 6.57. The molecule has 4 rings (SSSR count). The summed E-state index contributed by atoms with van der Waals surface area (Å²) in [6, 6.07) is 5.42. The van der Waals surface area contributed by atoms with Crippen LogP contribution in [0.2, 0.25) is 0 Å². The summed E-state index contributed by atoms with van der Waals surface area (Å²) in [7, 11) is 1.38. The highest BCUT2D eigenvalue weighted by atomic mass is 32.1. The Kier molecular flexibility index (Phi) is 6.78. The van der Waals surface area contributed by atoms with E-state index in [-0.39, 0.29) is 48.9 Å². The maximum Gasteiger partial charge on any atom is 0.308 e. The number of hydrogen-bond donors (Lipinski definition) is 2. The Labute approximate surface area is 191 Å². The number of carbonyl (C=O) groups is 3. The van der Waals surface area contributed by atoms with Gasteiger partial charge in [0.25, 0.3) is 0 Å². The number of esters is 1. The molecule has 172 valence electrons. The lowest BCUT2D eigenvalue weighted by molar-refractivity contribution is -0.149. The van der Waals surface area contributed by atoms with Crippen molar-refractivity contribution in [3.63, 3.8) is 0 Å². The summed E-state index contributed by atoms with van der Waals surface area (Å²) in [5.74, 6) is 0.618. The van der Waals surface area contributed by atoms with E-state index in [1.807, 2.05) is 18.2 Å². The molecule has 2 aliphatic heterocycles. The summed E-state index contributed by atoms with van der Waals surface area (Å²) >= 11 is 5.39. The van der Waals surface area contributed by atoms with E-state index >= 15 is 0 Å². The van der Waals surface area contributed by atoms with Crippen molar-refractivity contribution >= 4 is 35.1 Å². The summed E-state index contributed by atoms with van der Waals surface area (Å²) in [5.41, 5.74) is 0.924. The van der Waals surface area contributed by atoms with Crippen LogP contribution in [0.15, 0.2) is 18.2 Å². The van der Waals surface area contributed by atoms with Crippen molar-refractivity contribution < 1.29 is 28.6 Å². The summed E-state index contributed by atoms with van der Waals surface area (Å²) in [6.07, 6.45) is 2.58. The van der Waals surface area contributed by atoms with Crippen LogP contribution < -0.4 is 20.1 Å². The lowest BCUT2D eigenvalue weighted by atomic mass is 9.76. The molecule has 32 heavy (non-hydrogen) atoms. The third kappa shape index (κ3) is 4.79. The first kappa shape index (κ1) is 22.3. The number of nitrogens with zero attached hydrogens (tertiary/aromatic N) is 1. The van der Waals surface area contributed by atoms with Crippen LogP contribution in [0, 0.1) is 11.8 Å². The molecule has 3 atom stereocenters. The fourth-order valence-corrected chi connectivity index (χ4v) is 4.83. The van der Waals surface area contributed by atoms with Gasteiger partial charge in [-0.1, -0.05) is 6.07 Å². The van der Waals surface area contributed by atoms with Crippen molar-refractivity contribution in [1.82, 2.24) is 15.5 Å². The van der Waals surface area contributed by atoms with Gasteiger partial charge in [0.2, 0.25) is 18.6 Å². The number of hydrogen-bond acceptors (Lipinski definition) is 7. The fraction of sp³-hybridized carbons (Fsp3) is 0.545. The molecule has 0 aromatic heterocycles. The second-order valence-electron chi connectivity index (χ2n) is 8.25. The van der Waals surface area contributed by atoms with Gasteiger partial charge < -0.3 is 24.8 Å².